The van der Waals surface area contributed by atoms with Crippen LogP contribution in [0.15, 0.2) is 36.5 Å². The summed E-state index contributed by atoms with van der Waals surface area (Å²) in [6.45, 7) is 0. The second-order valence-electron chi connectivity index (χ2n) is 2.97. The Kier molecular flexibility index (Phi) is 2.28. The maximum atomic E-state index is 8.32. The lowest BCUT2D eigenvalue weighted by molar-refractivity contribution is 1.15. The van der Waals surface area contributed by atoms with Gasteiger partial charge in [-0.25, -0.2) is 4.98 Å². The molecule has 1 N–H and O–H groups in total. The van der Waals surface area contributed by atoms with Gasteiger partial charge in [-0.05, 0) is 18.2 Å². The van der Waals surface area contributed by atoms with Crippen molar-refractivity contribution in [2.45, 2.75) is 6.42 Å². The molecule has 14 heavy (non-hydrogen) atoms. The average molecular weight is 183 g/mol. The van der Waals surface area contributed by atoms with E-state index in [1.807, 2.05) is 30.3 Å². The number of nitrogens with zero attached hydrogens (tertiary/aromatic N) is 2. The molecule has 3 heteroatoms. The molecule has 0 aromatic carbocycles. The topological polar surface area (TPSA) is 52.5 Å². The Morgan fingerprint density at radius 1 is 1.57 bits per heavy atom. The van der Waals surface area contributed by atoms with Gasteiger partial charge in [0.05, 0.1) is 6.07 Å². The van der Waals surface area contributed by atoms with E-state index in [2.05, 4.69) is 9.97 Å². The maximum absolute atomic E-state index is 8.32. The smallest absolute Gasteiger partial charge is 0.137 e. The molecule has 0 fully saturated rings. The van der Waals surface area contributed by atoms with E-state index in [9.17, 15) is 0 Å². The zero-order chi connectivity index (χ0) is 9.80. The van der Waals surface area contributed by atoms with Crippen molar-refractivity contribution in [2.24, 2.45) is 0 Å². The summed E-state index contributed by atoms with van der Waals surface area (Å²) in [5.74, 6) is 0. The first kappa shape index (κ1) is 8.52. The van der Waals surface area contributed by atoms with Gasteiger partial charge in [0.2, 0.25) is 0 Å². The summed E-state index contributed by atoms with van der Waals surface area (Å²) < 4.78 is 0. The molecular formula is C11H9N3. The third kappa shape index (κ3) is 1.64. The average Bonchev–Trinajstić information content (AvgIpc) is 2.60. The minimum Gasteiger partial charge on any atom is -0.343 e. The number of rotatable bonds is 2. The van der Waals surface area contributed by atoms with Crippen LogP contribution >= 0.6 is 0 Å². The Bertz CT molecular complexity index is 469. The molecule has 0 unspecified atom stereocenters. The minimum absolute atomic E-state index is 0.740. The Labute approximate surface area is 81.7 Å². The molecule has 2 aromatic rings. The molecule has 0 saturated carbocycles. The second-order valence-corrected chi connectivity index (χ2v) is 2.97. The third-order valence-corrected chi connectivity index (χ3v) is 1.98. The highest BCUT2D eigenvalue weighted by Gasteiger charge is 1.98. The largest absolute Gasteiger partial charge is 0.343 e. The monoisotopic (exact) mass is 183 g/mol. The molecule has 2 rings (SSSR count). The molecule has 0 atom stereocenters. The van der Waals surface area contributed by atoms with E-state index in [4.69, 9.17) is 5.26 Å². The number of aromatic amines is 1. The van der Waals surface area contributed by atoms with E-state index in [0.717, 1.165) is 23.1 Å². The van der Waals surface area contributed by atoms with Gasteiger partial charge in [-0.3, -0.25) is 0 Å². The predicted molar refractivity (Wildman–Crippen MR) is 54.6 cm³/mol. The summed E-state index contributed by atoms with van der Waals surface area (Å²) in [4.78, 5) is 7.37. The lowest BCUT2D eigenvalue weighted by atomic mass is 10.2. The van der Waals surface area contributed by atoms with Crippen LogP contribution in [0.4, 0.5) is 0 Å². The number of aromatic nitrogens is 2. The van der Waals surface area contributed by atoms with Gasteiger partial charge in [-0.15, -0.1) is 0 Å². The first-order chi connectivity index (χ1) is 6.90. The van der Waals surface area contributed by atoms with Gasteiger partial charge in [0.15, 0.2) is 0 Å². The van der Waals surface area contributed by atoms with Gasteiger partial charge in [-0.2, -0.15) is 5.26 Å². The molecule has 0 spiro atoms. The standard InChI is InChI=1S/C11H9N3/c12-6-2-1-5-10-8-9-4-3-7-13-11(9)14-10/h1-4,7-8H,5H2,(H,13,14). The van der Waals surface area contributed by atoms with Crippen LogP contribution in [0.5, 0.6) is 0 Å². The van der Waals surface area contributed by atoms with E-state index in [0.29, 0.717) is 0 Å². The summed E-state index contributed by atoms with van der Waals surface area (Å²) in [5, 5.41) is 9.43. The highest BCUT2D eigenvalue weighted by atomic mass is 14.8. The SMILES string of the molecule is N#CC=CCc1cc2cccnc2[nH]1. The molecular weight excluding hydrogens is 174 g/mol. The quantitative estimate of drug-likeness (QED) is 0.725. The number of fused-ring (bicyclic) bond motifs is 1. The summed E-state index contributed by atoms with van der Waals surface area (Å²) >= 11 is 0. The van der Waals surface area contributed by atoms with E-state index in [1.165, 1.54) is 6.08 Å². The molecule has 0 amide bonds. The first-order valence-corrected chi connectivity index (χ1v) is 4.37. The highest BCUT2D eigenvalue weighted by molar-refractivity contribution is 5.76. The second kappa shape index (κ2) is 3.75. The zero-order valence-electron chi connectivity index (χ0n) is 7.57. The van der Waals surface area contributed by atoms with Crippen LogP contribution in [0.25, 0.3) is 11.0 Å². The van der Waals surface area contributed by atoms with Gasteiger partial charge in [0.25, 0.3) is 0 Å². The van der Waals surface area contributed by atoms with E-state index < -0.39 is 0 Å². The summed E-state index contributed by atoms with van der Waals surface area (Å²) in [5.41, 5.74) is 1.97. The summed E-state index contributed by atoms with van der Waals surface area (Å²) in [6, 6.07) is 7.93. The van der Waals surface area contributed by atoms with Crippen LogP contribution in [0.3, 0.4) is 0 Å². The van der Waals surface area contributed by atoms with Crippen molar-refractivity contribution in [3.05, 3.63) is 42.2 Å². The number of nitrogens with one attached hydrogen (secondary N) is 1. The Balaban J connectivity index is 2.28. The number of nitriles is 1. The Hall–Kier alpha value is -2.08. The first-order valence-electron chi connectivity index (χ1n) is 4.37. The molecule has 0 saturated heterocycles. The Morgan fingerprint density at radius 2 is 2.50 bits per heavy atom. The Morgan fingerprint density at radius 3 is 3.29 bits per heavy atom. The number of H-pyrrole nitrogens is 1. The van der Waals surface area contributed by atoms with Crippen molar-refractivity contribution in [1.82, 2.24) is 9.97 Å². The fourth-order valence-corrected chi connectivity index (χ4v) is 1.36. The van der Waals surface area contributed by atoms with Crippen molar-refractivity contribution in [2.75, 3.05) is 0 Å². The van der Waals surface area contributed by atoms with Crippen molar-refractivity contribution >= 4 is 11.0 Å². The van der Waals surface area contributed by atoms with Crippen molar-refractivity contribution in [1.29, 1.82) is 5.26 Å². The van der Waals surface area contributed by atoms with E-state index in [1.54, 1.807) is 6.20 Å². The zero-order valence-corrected chi connectivity index (χ0v) is 7.57. The van der Waals surface area contributed by atoms with Crippen LogP contribution in [-0.4, -0.2) is 9.97 Å². The number of allylic oxidation sites excluding steroid dienone is 2. The van der Waals surface area contributed by atoms with Crippen molar-refractivity contribution in [3.8, 4) is 6.07 Å². The summed E-state index contributed by atoms with van der Waals surface area (Å²) in [7, 11) is 0. The lowest BCUT2D eigenvalue weighted by Crippen LogP contribution is -1.79. The van der Waals surface area contributed by atoms with E-state index >= 15 is 0 Å². The number of hydrogen-bond acceptors (Lipinski definition) is 2. The normalized spacial score (nSPS) is 10.8. The fraction of sp³-hybridized carbons (Fsp3) is 0.0909. The predicted octanol–water partition coefficient (Wildman–Crippen LogP) is 2.19. The molecule has 0 aliphatic rings. The fourth-order valence-electron chi connectivity index (χ4n) is 1.36. The van der Waals surface area contributed by atoms with Gasteiger partial charge in [0.1, 0.15) is 5.65 Å². The number of pyridine rings is 1. The minimum atomic E-state index is 0.740. The molecule has 0 aliphatic carbocycles. The third-order valence-electron chi connectivity index (χ3n) is 1.98. The maximum Gasteiger partial charge on any atom is 0.137 e. The van der Waals surface area contributed by atoms with Crippen molar-refractivity contribution < 1.29 is 0 Å². The van der Waals surface area contributed by atoms with Crippen molar-refractivity contribution in [3.63, 3.8) is 0 Å². The highest BCUT2D eigenvalue weighted by Crippen LogP contribution is 2.12. The molecule has 68 valence electrons. The van der Waals surface area contributed by atoms with Gasteiger partial charge in [0, 0.05) is 29.8 Å². The molecule has 3 nitrogen and oxygen atoms in total. The van der Waals surface area contributed by atoms with Crippen LogP contribution < -0.4 is 0 Å². The van der Waals surface area contributed by atoms with Crippen LogP contribution in [0, 0.1) is 11.3 Å². The lowest BCUT2D eigenvalue weighted by Gasteiger charge is -1.86. The molecule has 2 heterocycles. The molecule has 2 aromatic heterocycles. The van der Waals surface area contributed by atoms with Gasteiger partial charge in [-0.1, -0.05) is 6.08 Å². The van der Waals surface area contributed by atoms with Crippen LogP contribution in [0.1, 0.15) is 5.69 Å². The molecule has 0 aliphatic heterocycles. The summed E-state index contributed by atoms with van der Waals surface area (Å²) in [6.07, 6.45) is 5.81. The van der Waals surface area contributed by atoms with E-state index in [-0.39, 0.29) is 0 Å². The molecule has 0 bridgehead atoms. The van der Waals surface area contributed by atoms with Crippen LogP contribution in [0.2, 0.25) is 0 Å². The van der Waals surface area contributed by atoms with Gasteiger partial charge < -0.3 is 4.98 Å². The van der Waals surface area contributed by atoms with Gasteiger partial charge >= 0.3 is 0 Å². The molecule has 0 radical (unpaired) electrons. The number of hydrogen-bond donors (Lipinski definition) is 1. The van der Waals surface area contributed by atoms with Crippen LogP contribution in [-0.2, 0) is 6.42 Å².